The van der Waals surface area contributed by atoms with Crippen molar-refractivity contribution >= 4 is 76.2 Å². The van der Waals surface area contributed by atoms with Crippen LogP contribution >= 0.6 is 0 Å². The maximum Gasteiger partial charge on any atom is 0.0641 e. The fourth-order valence-electron chi connectivity index (χ4n) is 9.19. The molecule has 0 amide bonds. The van der Waals surface area contributed by atoms with Gasteiger partial charge in [0.25, 0.3) is 0 Å². The van der Waals surface area contributed by atoms with Crippen molar-refractivity contribution in [1.29, 1.82) is 0 Å². The largest absolute Gasteiger partial charge is 0.309 e. The summed E-state index contributed by atoms with van der Waals surface area (Å²) in [6.07, 6.45) is 0. The van der Waals surface area contributed by atoms with Crippen molar-refractivity contribution in [2.75, 3.05) is 0 Å². The molecule has 0 saturated carbocycles. The minimum Gasteiger partial charge on any atom is -0.309 e. The molecule has 9 aromatic carbocycles. The van der Waals surface area contributed by atoms with Crippen molar-refractivity contribution in [3.8, 4) is 28.2 Å². The molecule has 0 bridgehead atoms. The standard InChI is InChI=1S/C52H33N3/c1-3-15-38(16-4-1)53-47-22-12-10-20-43(47)51-50(53)30-27-42-45-33-37(25-29-49(45)55(52(42)51)39-17-5-2-6-18-39)36-24-28-48-44(32-36)41-19-9-11-21-46(41)54(48)40-26-23-34-13-7-8-14-35(34)31-40/h1-33H. The van der Waals surface area contributed by atoms with Gasteiger partial charge in [0.2, 0.25) is 0 Å². The van der Waals surface area contributed by atoms with Gasteiger partial charge in [-0.1, -0.05) is 121 Å². The summed E-state index contributed by atoms with van der Waals surface area (Å²) in [6.45, 7) is 0. The lowest BCUT2D eigenvalue weighted by molar-refractivity contribution is 1.17. The number of fused-ring (bicyclic) bond motifs is 11. The van der Waals surface area contributed by atoms with E-state index in [0.717, 1.165) is 11.4 Å². The van der Waals surface area contributed by atoms with Gasteiger partial charge in [0.1, 0.15) is 0 Å². The number of hydrogen-bond acceptors (Lipinski definition) is 0. The van der Waals surface area contributed by atoms with Gasteiger partial charge in [-0.2, -0.15) is 0 Å². The molecule has 12 rings (SSSR count). The van der Waals surface area contributed by atoms with E-state index >= 15 is 0 Å². The maximum atomic E-state index is 2.47. The summed E-state index contributed by atoms with van der Waals surface area (Å²) >= 11 is 0. The Morgan fingerprint density at radius 1 is 0.255 bits per heavy atom. The van der Waals surface area contributed by atoms with E-state index in [1.165, 1.54) is 93.0 Å². The second-order valence-electron chi connectivity index (χ2n) is 14.6. The van der Waals surface area contributed by atoms with E-state index in [0.29, 0.717) is 0 Å². The van der Waals surface area contributed by atoms with Crippen molar-refractivity contribution in [2.24, 2.45) is 0 Å². The van der Waals surface area contributed by atoms with Crippen LogP contribution in [0.3, 0.4) is 0 Å². The molecule has 0 radical (unpaired) electrons. The van der Waals surface area contributed by atoms with Gasteiger partial charge in [0, 0.05) is 49.4 Å². The average Bonchev–Trinajstić information content (AvgIpc) is 3.89. The van der Waals surface area contributed by atoms with E-state index < -0.39 is 0 Å². The Labute approximate surface area is 317 Å². The van der Waals surface area contributed by atoms with Crippen LogP contribution in [-0.4, -0.2) is 13.7 Å². The summed E-state index contributed by atoms with van der Waals surface area (Å²) in [5.74, 6) is 0. The predicted octanol–water partition coefficient (Wildman–Crippen LogP) is 13.8. The van der Waals surface area contributed by atoms with Crippen LogP contribution in [0.2, 0.25) is 0 Å². The highest BCUT2D eigenvalue weighted by Gasteiger charge is 2.21. The zero-order valence-corrected chi connectivity index (χ0v) is 29.9. The normalized spacial score (nSPS) is 12.0. The summed E-state index contributed by atoms with van der Waals surface area (Å²) in [5.41, 5.74) is 13.2. The molecule has 256 valence electrons. The van der Waals surface area contributed by atoms with Crippen LogP contribution in [0.25, 0.3) is 104 Å². The Hall–Kier alpha value is -7.36. The molecule has 0 aliphatic heterocycles. The molecule has 3 heterocycles. The zero-order chi connectivity index (χ0) is 36.0. The molecule has 0 aliphatic carbocycles. The highest BCUT2D eigenvalue weighted by atomic mass is 15.0. The number of rotatable bonds is 4. The SMILES string of the molecule is c1ccc(-n2c3ccccc3c3c2ccc2c4cc(-c5ccc6c(c5)c5ccccc5n6-c5ccc6ccccc6c5)ccc4n(-c4ccccc4)c23)cc1. The fourth-order valence-corrected chi connectivity index (χ4v) is 9.19. The molecule has 0 N–H and O–H groups in total. The second kappa shape index (κ2) is 11.6. The molecule has 0 unspecified atom stereocenters. The minimum absolute atomic E-state index is 1.15. The van der Waals surface area contributed by atoms with E-state index in [2.05, 4.69) is 214 Å². The monoisotopic (exact) mass is 699 g/mol. The van der Waals surface area contributed by atoms with Gasteiger partial charge in [0.05, 0.1) is 33.1 Å². The molecule has 3 nitrogen and oxygen atoms in total. The van der Waals surface area contributed by atoms with Gasteiger partial charge >= 0.3 is 0 Å². The lowest BCUT2D eigenvalue weighted by Gasteiger charge is -2.10. The molecule has 3 heteroatoms. The molecule has 0 aliphatic rings. The second-order valence-corrected chi connectivity index (χ2v) is 14.6. The molecule has 55 heavy (non-hydrogen) atoms. The molecule has 12 aromatic rings. The van der Waals surface area contributed by atoms with Crippen LogP contribution in [0.5, 0.6) is 0 Å². The summed E-state index contributed by atoms with van der Waals surface area (Å²) in [4.78, 5) is 0. The van der Waals surface area contributed by atoms with Crippen LogP contribution in [-0.2, 0) is 0 Å². The Morgan fingerprint density at radius 3 is 1.49 bits per heavy atom. The third-order valence-electron chi connectivity index (χ3n) is 11.6. The Balaban J connectivity index is 1.11. The van der Waals surface area contributed by atoms with E-state index in [9.17, 15) is 0 Å². The first kappa shape index (κ1) is 30.1. The lowest BCUT2D eigenvalue weighted by Crippen LogP contribution is -1.95. The highest BCUT2D eigenvalue weighted by molar-refractivity contribution is 6.26. The highest BCUT2D eigenvalue weighted by Crippen LogP contribution is 2.43. The summed E-state index contributed by atoms with van der Waals surface area (Å²) in [6, 6.07) is 73.2. The Bertz CT molecular complexity index is 3470. The number of para-hydroxylation sites is 4. The predicted molar refractivity (Wildman–Crippen MR) is 232 cm³/mol. The van der Waals surface area contributed by atoms with Gasteiger partial charge in [-0.05, 0) is 101 Å². The summed E-state index contributed by atoms with van der Waals surface area (Å²) in [7, 11) is 0. The van der Waals surface area contributed by atoms with Crippen LogP contribution in [0.4, 0.5) is 0 Å². The van der Waals surface area contributed by atoms with E-state index in [1.54, 1.807) is 0 Å². The van der Waals surface area contributed by atoms with Crippen LogP contribution < -0.4 is 0 Å². The Morgan fingerprint density at radius 2 is 0.764 bits per heavy atom. The van der Waals surface area contributed by atoms with Crippen molar-refractivity contribution < 1.29 is 0 Å². The number of hydrogen-bond donors (Lipinski definition) is 0. The topological polar surface area (TPSA) is 14.8 Å². The minimum atomic E-state index is 1.15. The average molecular weight is 700 g/mol. The maximum absolute atomic E-state index is 2.47. The molecule has 0 spiro atoms. The Kier molecular flexibility index (Phi) is 6.34. The fraction of sp³-hybridized carbons (Fsp3) is 0. The molecule has 0 fully saturated rings. The van der Waals surface area contributed by atoms with Gasteiger partial charge < -0.3 is 13.7 Å². The quantitative estimate of drug-likeness (QED) is 0.174. The van der Waals surface area contributed by atoms with Gasteiger partial charge in [-0.15, -0.1) is 0 Å². The van der Waals surface area contributed by atoms with Crippen LogP contribution in [0.1, 0.15) is 0 Å². The van der Waals surface area contributed by atoms with Crippen molar-refractivity contribution in [3.63, 3.8) is 0 Å². The first-order valence-corrected chi connectivity index (χ1v) is 18.9. The summed E-state index contributed by atoms with van der Waals surface area (Å²) < 4.78 is 7.29. The molecule has 0 saturated heterocycles. The van der Waals surface area contributed by atoms with Gasteiger partial charge in [-0.3, -0.25) is 0 Å². The number of benzene rings is 9. The van der Waals surface area contributed by atoms with E-state index in [4.69, 9.17) is 0 Å². The first-order chi connectivity index (χ1) is 27.3. The third kappa shape index (κ3) is 4.38. The van der Waals surface area contributed by atoms with Crippen LogP contribution in [0.15, 0.2) is 200 Å². The van der Waals surface area contributed by atoms with Crippen molar-refractivity contribution in [3.05, 3.63) is 200 Å². The van der Waals surface area contributed by atoms with E-state index in [1.807, 2.05) is 0 Å². The zero-order valence-electron chi connectivity index (χ0n) is 29.9. The lowest BCUT2D eigenvalue weighted by atomic mass is 10.00. The smallest absolute Gasteiger partial charge is 0.0641 e. The van der Waals surface area contributed by atoms with Gasteiger partial charge in [-0.25, -0.2) is 0 Å². The van der Waals surface area contributed by atoms with Crippen LogP contribution in [0, 0.1) is 0 Å². The van der Waals surface area contributed by atoms with Crippen molar-refractivity contribution in [1.82, 2.24) is 13.7 Å². The molecule has 0 atom stereocenters. The molecule has 3 aromatic heterocycles. The number of nitrogens with zero attached hydrogens (tertiary/aromatic N) is 3. The van der Waals surface area contributed by atoms with E-state index in [-0.39, 0.29) is 0 Å². The number of aromatic nitrogens is 3. The van der Waals surface area contributed by atoms with Gasteiger partial charge in [0.15, 0.2) is 0 Å². The molecular weight excluding hydrogens is 667 g/mol. The molecular formula is C52H33N3. The summed E-state index contributed by atoms with van der Waals surface area (Å²) in [5, 5.41) is 10.0. The third-order valence-corrected chi connectivity index (χ3v) is 11.6. The first-order valence-electron chi connectivity index (χ1n) is 18.9. The van der Waals surface area contributed by atoms with Crippen molar-refractivity contribution in [2.45, 2.75) is 0 Å².